The molecule has 0 fully saturated rings. The average Bonchev–Trinajstić information content (AvgIpc) is 1.81. The Labute approximate surface area is 61.2 Å². The maximum atomic E-state index is 10.00. The molecule has 0 saturated carbocycles. The number of nitriles is 1. The lowest BCUT2D eigenvalue weighted by atomic mass is 9.94. The molecule has 0 spiro atoms. The van der Waals surface area contributed by atoms with Crippen LogP contribution in [0, 0.1) is 16.7 Å². The summed E-state index contributed by atoms with van der Waals surface area (Å²) >= 11 is 0. The molecule has 0 aromatic carbocycles. The molecule has 53 valence electrons. The van der Waals surface area contributed by atoms with Crippen molar-refractivity contribution in [1.29, 1.82) is 5.26 Å². The first-order valence-corrected chi connectivity index (χ1v) is 3.01. The fraction of sp³-hybridized carbons (Fsp3) is 0.500. The third-order valence-corrected chi connectivity index (χ3v) is 0.808. The number of hydrogen-bond acceptors (Lipinski definition) is 2. The van der Waals surface area contributed by atoms with Crippen LogP contribution in [0.1, 0.15) is 20.8 Å². The number of carbonyl (C=O) groups excluding carboxylic acids is 1. The smallest absolute Gasteiger partial charge is 0.244 e. The van der Waals surface area contributed by atoms with Crippen LogP contribution in [0.2, 0.25) is 0 Å². The second-order valence-electron chi connectivity index (χ2n) is 3.14. The van der Waals surface area contributed by atoms with E-state index in [-0.39, 0.29) is 11.0 Å². The van der Waals surface area contributed by atoms with Crippen LogP contribution in [0.15, 0.2) is 11.6 Å². The van der Waals surface area contributed by atoms with Crippen LogP contribution in [0.3, 0.4) is 0 Å². The molecular weight excluding hydrogens is 126 g/mol. The Balaban J connectivity index is 4.45. The maximum absolute atomic E-state index is 10.00. The Hall–Kier alpha value is -1.10. The first-order valence-electron chi connectivity index (χ1n) is 3.01. The summed E-state index contributed by atoms with van der Waals surface area (Å²) in [5.74, 6) is 0. The standard InChI is InChI=1S/C8H10NO/c1-8(2,3)4-7(5-9)6-10/h4H,1-3H3. The van der Waals surface area contributed by atoms with Crippen molar-refractivity contribution in [2.45, 2.75) is 20.8 Å². The van der Waals surface area contributed by atoms with E-state index in [1.54, 1.807) is 18.4 Å². The zero-order valence-corrected chi connectivity index (χ0v) is 6.43. The zero-order valence-electron chi connectivity index (χ0n) is 6.43. The minimum Gasteiger partial charge on any atom is -0.284 e. The topological polar surface area (TPSA) is 40.9 Å². The van der Waals surface area contributed by atoms with Gasteiger partial charge in [-0.05, 0) is 5.41 Å². The molecular formula is C8H10NO. The van der Waals surface area contributed by atoms with Gasteiger partial charge in [-0.2, -0.15) is 5.26 Å². The van der Waals surface area contributed by atoms with Crippen LogP contribution in [-0.2, 0) is 4.79 Å². The van der Waals surface area contributed by atoms with Crippen molar-refractivity contribution in [3.05, 3.63) is 11.6 Å². The number of allylic oxidation sites excluding steroid dienone is 2. The van der Waals surface area contributed by atoms with Gasteiger partial charge in [0.15, 0.2) is 0 Å². The van der Waals surface area contributed by atoms with Crippen LogP contribution >= 0.6 is 0 Å². The van der Waals surface area contributed by atoms with E-state index in [2.05, 4.69) is 0 Å². The fourth-order valence-corrected chi connectivity index (χ4v) is 0.518. The highest BCUT2D eigenvalue weighted by Gasteiger charge is 2.07. The fourth-order valence-electron chi connectivity index (χ4n) is 0.518. The van der Waals surface area contributed by atoms with Gasteiger partial charge in [-0.1, -0.05) is 26.8 Å². The van der Waals surface area contributed by atoms with Gasteiger partial charge in [-0.3, -0.25) is 4.79 Å². The molecule has 0 heterocycles. The lowest BCUT2D eigenvalue weighted by Gasteiger charge is -2.10. The van der Waals surface area contributed by atoms with Gasteiger partial charge in [-0.25, -0.2) is 0 Å². The molecule has 0 bridgehead atoms. The molecule has 0 aliphatic heterocycles. The molecule has 0 amide bonds. The second-order valence-corrected chi connectivity index (χ2v) is 3.14. The normalized spacial score (nSPS) is 12.4. The lowest BCUT2D eigenvalue weighted by Crippen LogP contribution is -2.01. The van der Waals surface area contributed by atoms with Crippen LogP contribution in [-0.4, -0.2) is 6.29 Å². The highest BCUT2D eigenvalue weighted by Crippen LogP contribution is 2.16. The summed E-state index contributed by atoms with van der Waals surface area (Å²) in [6, 6.07) is 1.75. The van der Waals surface area contributed by atoms with Crippen LogP contribution < -0.4 is 0 Å². The van der Waals surface area contributed by atoms with Crippen LogP contribution in [0.4, 0.5) is 0 Å². The van der Waals surface area contributed by atoms with Gasteiger partial charge in [0.1, 0.15) is 11.6 Å². The minimum absolute atomic E-state index is 0.0764. The predicted molar refractivity (Wildman–Crippen MR) is 38.8 cm³/mol. The molecule has 0 aromatic rings. The summed E-state index contributed by atoms with van der Waals surface area (Å²) in [4.78, 5) is 10.00. The zero-order chi connectivity index (χ0) is 8.20. The van der Waals surface area contributed by atoms with Gasteiger partial charge in [0.2, 0.25) is 6.29 Å². The van der Waals surface area contributed by atoms with E-state index in [9.17, 15) is 4.79 Å². The van der Waals surface area contributed by atoms with Crippen molar-refractivity contribution in [2.75, 3.05) is 0 Å². The average molecular weight is 136 g/mol. The molecule has 10 heavy (non-hydrogen) atoms. The first kappa shape index (κ1) is 8.90. The highest BCUT2D eigenvalue weighted by atomic mass is 16.1. The second kappa shape index (κ2) is 3.17. The van der Waals surface area contributed by atoms with Gasteiger partial charge >= 0.3 is 0 Å². The lowest BCUT2D eigenvalue weighted by molar-refractivity contribution is 0.537. The van der Waals surface area contributed by atoms with Crippen molar-refractivity contribution in [1.82, 2.24) is 0 Å². The molecule has 0 unspecified atom stereocenters. The van der Waals surface area contributed by atoms with Crippen molar-refractivity contribution in [3.8, 4) is 6.07 Å². The van der Waals surface area contributed by atoms with Gasteiger partial charge in [0.05, 0.1) is 0 Å². The molecule has 0 aliphatic rings. The Kier molecular flexibility index (Phi) is 2.82. The van der Waals surface area contributed by atoms with Crippen molar-refractivity contribution in [3.63, 3.8) is 0 Å². The number of hydrogen-bond donors (Lipinski definition) is 0. The van der Waals surface area contributed by atoms with Crippen molar-refractivity contribution >= 4 is 6.29 Å². The molecule has 2 nitrogen and oxygen atoms in total. The minimum atomic E-state index is -0.123. The van der Waals surface area contributed by atoms with Crippen molar-refractivity contribution < 1.29 is 4.79 Å². The molecule has 1 radical (unpaired) electrons. The molecule has 0 rings (SSSR count). The van der Waals surface area contributed by atoms with Crippen LogP contribution in [0.25, 0.3) is 0 Å². The summed E-state index contributed by atoms with van der Waals surface area (Å²) in [6.45, 7) is 5.76. The van der Waals surface area contributed by atoms with E-state index < -0.39 is 0 Å². The summed E-state index contributed by atoms with van der Waals surface area (Å²) in [6.07, 6.45) is 3.16. The molecule has 0 aliphatic carbocycles. The first-order chi connectivity index (χ1) is 4.49. The Morgan fingerprint density at radius 3 is 2.10 bits per heavy atom. The van der Waals surface area contributed by atoms with E-state index in [1.165, 1.54) is 0 Å². The molecule has 0 saturated heterocycles. The van der Waals surface area contributed by atoms with Gasteiger partial charge < -0.3 is 0 Å². The molecule has 0 aromatic heterocycles. The van der Waals surface area contributed by atoms with Gasteiger partial charge in [0, 0.05) is 0 Å². The molecule has 0 N–H and O–H groups in total. The monoisotopic (exact) mass is 136 g/mol. The summed E-state index contributed by atoms with van der Waals surface area (Å²) in [5.41, 5.74) is -0.0462. The molecule has 0 atom stereocenters. The summed E-state index contributed by atoms with van der Waals surface area (Å²) in [7, 11) is 0. The predicted octanol–water partition coefficient (Wildman–Crippen LogP) is 1.59. The van der Waals surface area contributed by atoms with E-state index in [1.807, 2.05) is 20.8 Å². The van der Waals surface area contributed by atoms with Gasteiger partial charge in [-0.15, -0.1) is 0 Å². The van der Waals surface area contributed by atoms with Gasteiger partial charge in [0.25, 0.3) is 0 Å². The summed E-state index contributed by atoms with van der Waals surface area (Å²) in [5, 5.41) is 8.31. The Morgan fingerprint density at radius 2 is 2.00 bits per heavy atom. The third-order valence-electron chi connectivity index (χ3n) is 0.808. The summed E-state index contributed by atoms with van der Waals surface area (Å²) < 4.78 is 0. The maximum Gasteiger partial charge on any atom is 0.244 e. The van der Waals surface area contributed by atoms with E-state index in [4.69, 9.17) is 5.26 Å². The molecule has 2 heteroatoms. The van der Waals surface area contributed by atoms with E-state index >= 15 is 0 Å². The van der Waals surface area contributed by atoms with E-state index in [0.29, 0.717) is 0 Å². The number of nitrogens with zero attached hydrogens (tertiary/aromatic N) is 1. The quantitative estimate of drug-likeness (QED) is 0.405. The van der Waals surface area contributed by atoms with Crippen LogP contribution in [0.5, 0.6) is 0 Å². The largest absolute Gasteiger partial charge is 0.284 e. The number of rotatable bonds is 1. The highest BCUT2D eigenvalue weighted by molar-refractivity contribution is 5.79. The Morgan fingerprint density at radius 1 is 1.50 bits per heavy atom. The third kappa shape index (κ3) is 3.85. The van der Waals surface area contributed by atoms with Crippen molar-refractivity contribution in [2.24, 2.45) is 5.41 Å². The Bertz CT molecular complexity index is 190. The SMILES string of the molecule is CC(C)(C)C=C([C]=O)C#N. The van der Waals surface area contributed by atoms with E-state index in [0.717, 1.165) is 0 Å².